The molecule has 1 saturated carbocycles. The smallest absolute Gasteiger partial charge is 0.453 e. The monoisotopic (exact) mass is 831 g/mol. The van der Waals surface area contributed by atoms with Gasteiger partial charge in [-0.05, 0) is 137 Å². The summed E-state index contributed by atoms with van der Waals surface area (Å²) in [6.45, 7) is 16.9. The van der Waals surface area contributed by atoms with Crippen molar-refractivity contribution in [3.8, 4) is 0 Å². The second-order valence-corrected chi connectivity index (χ2v) is 18.6. The van der Waals surface area contributed by atoms with Crippen molar-refractivity contribution in [1.29, 1.82) is 0 Å². The number of piperidine rings is 2. The number of alkyl halides is 5. The first-order chi connectivity index (χ1) is 26.7. The summed E-state index contributed by atoms with van der Waals surface area (Å²) >= 11 is 1.49. The van der Waals surface area contributed by atoms with E-state index in [-0.39, 0.29) is 19.3 Å². The Hall–Kier alpha value is -1.81. The Morgan fingerprint density at radius 1 is 0.930 bits per heavy atom. The Kier molecular flexibility index (Phi) is 23.2. The lowest BCUT2D eigenvalue weighted by Gasteiger charge is -2.41. The van der Waals surface area contributed by atoms with Crippen LogP contribution in [0.3, 0.4) is 0 Å². The van der Waals surface area contributed by atoms with Crippen LogP contribution < -0.4 is 4.90 Å². The van der Waals surface area contributed by atoms with Gasteiger partial charge in [-0.25, -0.2) is 0 Å². The van der Waals surface area contributed by atoms with Crippen LogP contribution in [0.15, 0.2) is 31.0 Å². The number of halogens is 5. The highest BCUT2D eigenvalue weighted by Crippen LogP contribution is 2.50. The number of aliphatic hydroxyl groups is 1. The number of thioether (sulfide) groups is 1. The Morgan fingerprint density at radius 3 is 2.14 bits per heavy atom. The van der Waals surface area contributed by atoms with Crippen molar-refractivity contribution in [1.82, 2.24) is 4.90 Å². The van der Waals surface area contributed by atoms with Crippen molar-refractivity contribution in [2.24, 2.45) is 23.2 Å². The van der Waals surface area contributed by atoms with Gasteiger partial charge < -0.3 is 14.9 Å². The fraction of sp³-hybridized carbons (Fsp3) is 0.809. The Morgan fingerprint density at radius 2 is 1.53 bits per heavy atom. The van der Waals surface area contributed by atoms with E-state index in [9.17, 15) is 26.7 Å². The van der Waals surface area contributed by atoms with Crippen LogP contribution in [0.1, 0.15) is 161 Å². The minimum Gasteiger partial charge on any atom is -0.516 e. The van der Waals surface area contributed by atoms with Crippen molar-refractivity contribution >= 4 is 23.2 Å². The molecule has 3 aliphatic rings. The normalized spacial score (nSPS) is 22.1. The summed E-state index contributed by atoms with van der Waals surface area (Å²) in [7, 11) is 0. The molecule has 0 bridgehead atoms. The van der Waals surface area contributed by atoms with Crippen molar-refractivity contribution < 1.29 is 31.9 Å². The van der Waals surface area contributed by atoms with Gasteiger partial charge in [0.05, 0.1) is 6.26 Å². The third-order valence-corrected chi connectivity index (χ3v) is 14.5. The molecule has 1 aliphatic carbocycles. The van der Waals surface area contributed by atoms with Crippen LogP contribution in [-0.4, -0.2) is 71.6 Å². The molecule has 1 aromatic carbocycles. The highest BCUT2D eigenvalue weighted by molar-refractivity contribution is 7.99. The molecule has 0 spiro atoms. The SMILES string of the molecule is C.C=CO.CCCC1(C)C(=O)CCC1C(C)[C@H](CCCCCCCCCSCCCC(F)(F)C(F)(F)F)Cc1cc(N2CCC(N3CCCCC3)CC2)ccc1C. The van der Waals surface area contributed by atoms with Crippen LogP contribution in [0.4, 0.5) is 27.6 Å². The molecule has 1 aromatic rings. The van der Waals surface area contributed by atoms with Gasteiger partial charge in [0.25, 0.3) is 0 Å². The van der Waals surface area contributed by atoms with Gasteiger partial charge in [-0.3, -0.25) is 4.79 Å². The molecule has 0 radical (unpaired) electrons. The molecule has 4 rings (SSSR count). The van der Waals surface area contributed by atoms with Gasteiger partial charge in [0, 0.05) is 43.1 Å². The second-order valence-electron chi connectivity index (χ2n) is 17.3. The standard InChI is InChI=1S/C44H71F5N2OS.C2H4O.CH4/c1-5-24-42(4)40(20-21-41(42)52)35(3)36(17-12-9-7-6-8-10-15-30-53-31-16-25-43(45,46)44(47,48)49)32-37-33-39(19-18-34(37)2)51-28-22-38(23-29-51)50-26-13-11-14-27-50;1-2-3;/h18-19,33,35-36,38,40H,5-17,20-32H2,1-4H3;2-3H,1H2;1H4/t35?,36-,40?,42?;;/m1../s1. The van der Waals surface area contributed by atoms with Crippen LogP contribution in [-0.2, 0) is 11.2 Å². The minimum absolute atomic E-state index is 0. The molecule has 2 heterocycles. The summed E-state index contributed by atoms with van der Waals surface area (Å²) in [6, 6.07) is 7.92. The third-order valence-electron chi connectivity index (χ3n) is 13.4. The summed E-state index contributed by atoms with van der Waals surface area (Å²) < 4.78 is 63.1. The number of anilines is 1. The first-order valence-electron chi connectivity index (χ1n) is 22.1. The summed E-state index contributed by atoms with van der Waals surface area (Å²) in [5.41, 5.74) is 4.03. The van der Waals surface area contributed by atoms with E-state index in [4.69, 9.17) is 5.11 Å². The van der Waals surface area contributed by atoms with E-state index in [0.717, 1.165) is 82.5 Å². The van der Waals surface area contributed by atoms with Gasteiger partial charge in [0.1, 0.15) is 5.78 Å². The average molecular weight is 831 g/mol. The number of aryl methyl sites for hydroxylation is 1. The van der Waals surface area contributed by atoms with Crippen LogP contribution in [0.2, 0.25) is 0 Å². The molecule has 57 heavy (non-hydrogen) atoms. The predicted molar refractivity (Wildman–Crippen MR) is 233 cm³/mol. The van der Waals surface area contributed by atoms with Gasteiger partial charge in [-0.15, -0.1) is 0 Å². The third kappa shape index (κ3) is 16.0. The fourth-order valence-corrected chi connectivity index (χ4v) is 10.9. The van der Waals surface area contributed by atoms with Crippen LogP contribution in [0.5, 0.6) is 0 Å². The molecule has 1 N–H and O–H groups in total. The van der Waals surface area contributed by atoms with Crippen LogP contribution >= 0.6 is 11.8 Å². The maximum absolute atomic E-state index is 13.2. The van der Waals surface area contributed by atoms with Crippen molar-refractivity contribution in [3.05, 3.63) is 42.2 Å². The molecule has 2 saturated heterocycles. The van der Waals surface area contributed by atoms with E-state index in [2.05, 4.69) is 62.3 Å². The number of benzene rings is 1. The lowest BCUT2D eigenvalue weighted by atomic mass is 9.65. The zero-order chi connectivity index (χ0) is 41.2. The molecule has 4 nitrogen and oxygen atoms in total. The number of unbranched alkanes of at least 4 members (excludes halogenated alkanes) is 6. The van der Waals surface area contributed by atoms with E-state index >= 15 is 0 Å². The Balaban J connectivity index is 0.00000271. The van der Waals surface area contributed by atoms with Crippen molar-refractivity contribution in [3.63, 3.8) is 0 Å². The summed E-state index contributed by atoms with van der Waals surface area (Å²) in [5.74, 6) is -1.48. The number of Topliss-reactive ketones (excluding diaryl/α,β-unsaturated/α-hetero) is 1. The van der Waals surface area contributed by atoms with E-state index in [1.54, 1.807) is 0 Å². The number of rotatable bonds is 22. The van der Waals surface area contributed by atoms with Crippen LogP contribution in [0, 0.1) is 30.1 Å². The van der Waals surface area contributed by atoms with Crippen LogP contribution in [0.25, 0.3) is 0 Å². The molecular weight excluding hydrogens is 752 g/mol. The van der Waals surface area contributed by atoms with Gasteiger partial charge in [0.15, 0.2) is 0 Å². The summed E-state index contributed by atoms with van der Waals surface area (Å²) in [5, 5.41) is 7.33. The maximum Gasteiger partial charge on any atom is 0.453 e. The topological polar surface area (TPSA) is 43.8 Å². The number of likely N-dealkylation sites (tertiary alicyclic amines) is 1. The van der Waals surface area contributed by atoms with Gasteiger partial charge in [0.2, 0.25) is 0 Å². The largest absolute Gasteiger partial charge is 0.516 e. The van der Waals surface area contributed by atoms with Gasteiger partial charge in [-0.2, -0.15) is 33.7 Å². The van der Waals surface area contributed by atoms with Gasteiger partial charge in [-0.1, -0.05) is 92.2 Å². The quantitative estimate of drug-likeness (QED) is 0.0716. The van der Waals surface area contributed by atoms with E-state index < -0.39 is 18.5 Å². The molecule has 0 amide bonds. The first-order valence-corrected chi connectivity index (χ1v) is 23.2. The zero-order valence-electron chi connectivity index (χ0n) is 35.3. The van der Waals surface area contributed by atoms with E-state index in [1.165, 1.54) is 106 Å². The fourth-order valence-electron chi connectivity index (χ4n) is 9.93. The molecule has 4 atom stereocenters. The molecular formula is C47H79F5N2O2S. The molecule has 3 unspecified atom stereocenters. The maximum atomic E-state index is 13.2. The lowest BCUT2D eigenvalue weighted by molar-refractivity contribution is -0.284. The summed E-state index contributed by atoms with van der Waals surface area (Å²) in [6.07, 6.45) is 14.7. The number of carbonyl (C=O) groups excluding carboxylic acids is 1. The zero-order valence-corrected chi connectivity index (χ0v) is 36.1. The molecule has 0 aromatic heterocycles. The first kappa shape index (κ1) is 51.3. The average Bonchev–Trinajstić information content (AvgIpc) is 3.46. The number of hydrogen-bond acceptors (Lipinski definition) is 5. The second kappa shape index (κ2) is 25.7. The van der Waals surface area contributed by atoms with Crippen molar-refractivity contribution in [2.75, 3.05) is 42.6 Å². The number of aliphatic hydroxyl groups excluding tert-OH is 1. The highest BCUT2D eigenvalue weighted by atomic mass is 32.2. The number of carbonyl (C=O) groups is 1. The Labute approximate surface area is 348 Å². The van der Waals surface area contributed by atoms with E-state index in [1.807, 2.05) is 0 Å². The van der Waals surface area contributed by atoms with E-state index in [0.29, 0.717) is 29.3 Å². The minimum atomic E-state index is -5.45. The number of ketones is 1. The van der Waals surface area contributed by atoms with Gasteiger partial charge >= 0.3 is 12.1 Å². The molecule has 2 aliphatic heterocycles. The number of nitrogens with zero attached hydrogens (tertiary/aromatic N) is 2. The Bertz CT molecular complexity index is 1280. The molecule has 330 valence electrons. The predicted octanol–water partition coefficient (Wildman–Crippen LogP) is 14.2. The lowest BCUT2D eigenvalue weighted by Crippen LogP contribution is -2.46. The molecule has 3 fully saturated rings. The molecule has 10 heteroatoms. The summed E-state index contributed by atoms with van der Waals surface area (Å²) in [4.78, 5) is 18.6. The highest BCUT2D eigenvalue weighted by Gasteiger charge is 2.56. The number of hydrogen-bond donors (Lipinski definition) is 1. The van der Waals surface area contributed by atoms with Crippen molar-refractivity contribution in [2.45, 2.75) is 182 Å².